The normalized spacial score (nSPS) is 11.7. The second-order valence-electron chi connectivity index (χ2n) is 4.07. The second kappa shape index (κ2) is 4.55. The average molecular weight is 320 g/mol. The van der Waals surface area contributed by atoms with Gasteiger partial charge in [-0.2, -0.15) is 0 Å². The van der Waals surface area contributed by atoms with Crippen LogP contribution in [0, 0.1) is 6.92 Å². The quantitative estimate of drug-likeness (QED) is 0.707. The molecule has 6 heteroatoms. The Morgan fingerprint density at radius 2 is 2.21 bits per heavy atom. The van der Waals surface area contributed by atoms with Crippen molar-refractivity contribution in [3.05, 3.63) is 40.1 Å². The summed E-state index contributed by atoms with van der Waals surface area (Å²) in [6.45, 7) is 1.79. The molecule has 2 N–H and O–H groups in total. The van der Waals surface area contributed by atoms with Crippen molar-refractivity contribution in [3.63, 3.8) is 0 Å². The SMILES string of the molecule is Cc1onc(N=Cc2c(O)[nH]c3ccccc23)c1Br. The van der Waals surface area contributed by atoms with E-state index in [1.807, 2.05) is 24.3 Å². The fourth-order valence-corrected chi connectivity index (χ4v) is 2.08. The molecule has 0 saturated carbocycles. The summed E-state index contributed by atoms with van der Waals surface area (Å²) in [5.41, 5.74) is 1.49. The van der Waals surface area contributed by atoms with Crippen LogP contribution in [0.2, 0.25) is 0 Å². The van der Waals surface area contributed by atoms with Crippen molar-refractivity contribution in [1.29, 1.82) is 0 Å². The van der Waals surface area contributed by atoms with E-state index in [1.54, 1.807) is 13.1 Å². The lowest BCUT2D eigenvalue weighted by Crippen LogP contribution is -1.79. The highest BCUT2D eigenvalue weighted by Crippen LogP contribution is 2.29. The molecule has 96 valence electrons. The van der Waals surface area contributed by atoms with Crippen LogP contribution in [-0.4, -0.2) is 21.5 Å². The van der Waals surface area contributed by atoms with Crippen molar-refractivity contribution in [2.24, 2.45) is 4.99 Å². The van der Waals surface area contributed by atoms with Crippen LogP contribution in [0.1, 0.15) is 11.3 Å². The minimum absolute atomic E-state index is 0.0845. The van der Waals surface area contributed by atoms with Gasteiger partial charge in [-0.3, -0.25) is 0 Å². The summed E-state index contributed by atoms with van der Waals surface area (Å²) in [7, 11) is 0. The van der Waals surface area contributed by atoms with Crippen LogP contribution in [-0.2, 0) is 0 Å². The van der Waals surface area contributed by atoms with E-state index in [0.29, 0.717) is 21.6 Å². The van der Waals surface area contributed by atoms with E-state index in [2.05, 4.69) is 31.1 Å². The van der Waals surface area contributed by atoms with Gasteiger partial charge in [0.05, 0.1) is 5.56 Å². The van der Waals surface area contributed by atoms with Gasteiger partial charge in [-0.1, -0.05) is 23.4 Å². The number of benzene rings is 1. The van der Waals surface area contributed by atoms with Gasteiger partial charge in [0, 0.05) is 17.1 Å². The Hall–Kier alpha value is -2.08. The molecule has 3 aromatic rings. The molecule has 0 amide bonds. The highest BCUT2D eigenvalue weighted by atomic mass is 79.9. The molecule has 3 rings (SSSR count). The Morgan fingerprint density at radius 3 is 2.95 bits per heavy atom. The summed E-state index contributed by atoms with van der Waals surface area (Å²) in [4.78, 5) is 7.12. The minimum atomic E-state index is 0.0845. The number of aromatic nitrogens is 2. The second-order valence-corrected chi connectivity index (χ2v) is 4.86. The molecule has 0 fully saturated rings. The van der Waals surface area contributed by atoms with E-state index in [1.165, 1.54) is 0 Å². The highest BCUT2D eigenvalue weighted by Gasteiger charge is 2.10. The molecular weight excluding hydrogens is 310 g/mol. The fourth-order valence-electron chi connectivity index (χ4n) is 1.84. The summed E-state index contributed by atoms with van der Waals surface area (Å²) in [6.07, 6.45) is 1.57. The van der Waals surface area contributed by atoms with Gasteiger partial charge in [0.1, 0.15) is 10.2 Å². The van der Waals surface area contributed by atoms with Crippen LogP contribution < -0.4 is 0 Å². The maximum atomic E-state index is 9.88. The molecule has 0 spiro atoms. The Kier molecular flexibility index (Phi) is 2.87. The van der Waals surface area contributed by atoms with Crippen LogP contribution in [0.15, 0.2) is 38.3 Å². The van der Waals surface area contributed by atoms with E-state index < -0.39 is 0 Å². The number of para-hydroxylation sites is 1. The first-order valence-electron chi connectivity index (χ1n) is 5.62. The molecule has 0 aliphatic rings. The molecule has 0 bridgehead atoms. The number of nitrogens with zero attached hydrogens (tertiary/aromatic N) is 2. The third-order valence-corrected chi connectivity index (χ3v) is 3.73. The minimum Gasteiger partial charge on any atom is -0.494 e. The number of rotatable bonds is 2. The van der Waals surface area contributed by atoms with Gasteiger partial charge in [-0.05, 0) is 28.9 Å². The zero-order valence-electron chi connectivity index (χ0n) is 10.0. The van der Waals surface area contributed by atoms with Crippen molar-refractivity contribution in [3.8, 4) is 5.88 Å². The number of halogens is 1. The Morgan fingerprint density at radius 1 is 1.42 bits per heavy atom. The standard InChI is InChI=1S/C13H10BrN3O2/c1-7-11(14)12(17-19-7)15-6-9-8-4-2-3-5-10(8)16-13(9)18/h2-6,16,18H,1H3. The molecule has 2 aromatic heterocycles. The Balaban J connectivity index is 2.06. The molecule has 5 nitrogen and oxygen atoms in total. The van der Waals surface area contributed by atoms with Crippen molar-refractivity contribution >= 4 is 38.9 Å². The molecule has 0 aliphatic carbocycles. The number of aliphatic imine (C=N–C) groups is 1. The first kappa shape index (κ1) is 12.0. The van der Waals surface area contributed by atoms with E-state index in [4.69, 9.17) is 4.52 Å². The lowest BCUT2D eigenvalue weighted by molar-refractivity contribution is 0.398. The number of nitrogens with one attached hydrogen (secondary N) is 1. The van der Waals surface area contributed by atoms with Crippen molar-refractivity contribution in [2.75, 3.05) is 0 Å². The van der Waals surface area contributed by atoms with Crippen molar-refractivity contribution < 1.29 is 9.63 Å². The first-order valence-corrected chi connectivity index (χ1v) is 6.41. The van der Waals surface area contributed by atoms with Crippen LogP contribution >= 0.6 is 15.9 Å². The molecule has 0 aliphatic heterocycles. The Labute approximate surface area is 117 Å². The molecule has 0 atom stereocenters. The van der Waals surface area contributed by atoms with E-state index in [9.17, 15) is 5.11 Å². The molecule has 0 radical (unpaired) electrons. The number of aromatic amines is 1. The number of hydrogen-bond donors (Lipinski definition) is 2. The molecule has 0 unspecified atom stereocenters. The maximum Gasteiger partial charge on any atom is 0.209 e. The summed E-state index contributed by atoms with van der Waals surface area (Å²) in [5.74, 6) is 1.19. The van der Waals surface area contributed by atoms with E-state index in [0.717, 1.165) is 10.9 Å². The van der Waals surface area contributed by atoms with Gasteiger partial charge in [0.15, 0.2) is 5.88 Å². The molecular formula is C13H10BrN3O2. The van der Waals surface area contributed by atoms with Gasteiger partial charge in [0.25, 0.3) is 0 Å². The van der Waals surface area contributed by atoms with Crippen molar-refractivity contribution in [2.45, 2.75) is 6.92 Å². The van der Waals surface area contributed by atoms with Crippen LogP contribution in [0.5, 0.6) is 5.88 Å². The smallest absolute Gasteiger partial charge is 0.209 e. The summed E-state index contributed by atoms with van der Waals surface area (Å²) in [6, 6.07) is 7.61. The number of aryl methyl sites for hydroxylation is 1. The van der Waals surface area contributed by atoms with Gasteiger partial charge in [-0.25, -0.2) is 4.99 Å². The van der Waals surface area contributed by atoms with Gasteiger partial charge in [0.2, 0.25) is 5.82 Å². The van der Waals surface area contributed by atoms with E-state index in [-0.39, 0.29) is 5.88 Å². The average Bonchev–Trinajstić information content (AvgIpc) is 2.89. The maximum absolute atomic E-state index is 9.88. The third kappa shape index (κ3) is 2.04. The topological polar surface area (TPSA) is 74.4 Å². The summed E-state index contributed by atoms with van der Waals surface area (Å²) in [5, 5.41) is 14.6. The molecule has 0 saturated heterocycles. The third-order valence-electron chi connectivity index (χ3n) is 2.82. The molecule has 2 heterocycles. The number of fused-ring (bicyclic) bond motifs is 1. The summed E-state index contributed by atoms with van der Waals surface area (Å²) >= 11 is 3.34. The van der Waals surface area contributed by atoms with E-state index >= 15 is 0 Å². The largest absolute Gasteiger partial charge is 0.494 e. The first-order chi connectivity index (χ1) is 9.16. The zero-order valence-corrected chi connectivity index (χ0v) is 11.6. The monoisotopic (exact) mass is 319 g/mol. The number of hydrogen-bond acceptors (Lipinski definition) is 4. The predicted molar refractivity (Wildman–Crippen MR) is 76.2 cm³/mol. The lowest BCUT2D eigenvalue weighted by Gasteiger charge is -1.91. The Bertz CT molecular complexity index is 773. The van der Waals surface area contributed by atoms with Crippen molar-refractivity contribution in [1.82, 2.24) is 10.1 Å². The van der Waals surface area contributed by atoms with Crippen LogP contribution in [0.4, 0.5) is 5.82 Å². The van der Waals surface area contributed by atoms with Gasteiger partial charge < -0.3 is 14.6 Å². The zero-order chi connectivity index (χ0) is 13.4. The van der Waals surface area contributed by atoms with Crippen LogP contribution in [0.25, 0.3) is 10.9 Å². The fraction of sp³-hybridized carbons (Fsp3) is 0.0769. The van der Waals surface area contributed by atoms with Crippen LogP contribution in [0.3, 0.4) is 0 Å². The molecule has 19 heavy (non-hydrogen) atoms. The molecule has 1 aromatic carbocycles. The summed E-state index contributed by atoms with van der Waals surface area (Å²) < 4.78 is 5.71. The predicted octanol–water partition coefficient (Wildman–Crippen LogP) is 3.68. The number of aromatic hydroxyl groups is 1. The lowest BCUT2D eigenvalue weighted by atomic mass is 10.2. The van der Waals surface area contributed by atoms with Gasteiger partial charge in [-0.15, -0.1) is 0 Å². The van der Waals surface area contributed by atoms with Gasteiger partial charge >= 0.3 is 0 Å². The number of H-pyrrole nitrogens is 1. The highest BCUT2D eigenvalue weighted by molar-refractivity contribution is 9.10.